The van der Waals surface area contributed by atoms with E-state index in [1.807, 2.05) is 13.0 Å². The fourth-order valence-corrected chi connectivity index (χ4v) is 3.86. The smallest absolute Gasteiger partial charge is 0.119 e. The number of ether oxygens (including phenoxy) is 2. The molecular formula is C21H26O2. The van der Waals surface area contributed by atoms with Crippen molar-refractivity contribution < 1.29 is 9.47 Å². The van der Waals surface area contributed by atoms with E-state index < -0.39 is 0 Å². The highest BCUT2D eigenvalue weighted by molar-refractivity contribution is 5.44. The molecule has 0 spiro atoms. The molecule has 0 atom stereocenters. The van der Waals surface area contributed by atoms with Crippen LogP contribution >= 0.6 is 0 Å². The van der Waals surface area contributed by atoms with Gasteiger partial charge in [-0.25, -0.2) is 0 Å². The molecule has 1 aliphatic rings. The Hall–Kier alpha value is -1.96. The predicted octanol–water partition coefficient (Wildman–Crippen LogP) is 5.34. The van der Waals surface area contributed by atoms with Crippen LogP contribution in [-0.4, -0.2) is 13.7 Å². The average Bonchev–Trinajstić information content (AvgIpc) is 2.63. The number of hydrogen-bond donors (Lipinski definition) is 0. The van der Waals surface area contributed by atoms with E-state index in [4.69, 9.17) is 9.47 Å². The summed E-state index contributed by atoms with van der Waals surface area (Å²) in [6.07, 6.45) is 6.31. The summed E-state index contributed by atoms with van der Waals surface area (Å²) < 4.78 is 11.1. The third-order valence-corrected chi connectivity index (χ3v) is 5.05. The topological polar surface area (TPSA) is 18.5 Å². The summed E-state index contributed by atoms with van der Waals surface area (Å²) in [7, 11) is 1.74. The lowest BCUT2D eigenvalue weighted by Crippen LogP contribution is -2.30. The van der Waals surface area contributed by atoms with Crippen molar-refractivity contribution in [2.24, 2.45) is 0 Å². The number of rotatable bonds is 5. The highest BCUT2D eigenvalue weighted by Gasteiger charge is 2.35. The van der Waals surface area contributed by atoms with Crippen molar-refractivity contribution in [1.82, 2.24) is 0 Å². The van der Waals surface area contributed by atoms with Crippen LogP contribution in [0.15, 0.2) is 48.5 Å². The minimum absolute atomic E-state index is 0.109. The van der Waals surface area contributed by atoms with Crippen LogP contribution in [0.25, 0.3) is 0 Å². The van der Waals surface area contributed by atoms with Gasteiger partial charge in [-0.1, -0.05) is 43.5 Å². The molecule has 23 heavy (non-hydrogen) atoms. The van der Waals surface area contributed by atoms with Crippen LogP contribution in [-0.2, 0) is 5.41 Å². The Balaban J connectivity index is 2.02. The molecule has 1 aliphatic carbocycles. The zero-order chi connectivity index (χ0) is 16.1. The van der Waals surface area contributed by atoms with Crippen LogP contribution in [0.1, 0.15) is 50.2 Å². The van der Waals surface area contributed by atoms with Gasteiger partial charge in [0.1, 0.15) is 11.5 Å². The van der Waals surface area contributed by atoms with E-state index >= 15 is 0 Å². The van der Waals surface area contributed by atoms with Crippen molar-refractivity contribution in [2.75, 3.05) is 13.7 Å². The van der Waals surface area contributed by atoms with Crippen LogP contribution in [0.4, 0.5) is 0 Å². The van der Waals surface area contributed by atoms with E-state index in [9.17, 15) is 0 Å². The first-order valence-corrected chi connectivity index (χ1v) is 8.66. The third kappa shape index (κ3) is 3.21. The molecule has 2 aromatic rings. The molecule has 0 N–H and O–H groups in total. The molecule has 122 valence electrons. The molecule has 0 bridgehead atoms. The molecule has 2 nitrogen and oxygen atoms in total. The molecule has 0 aliphatic heterocycles. The van der Waals surface area contributed by atoms with Gasteiger partial charge >= 0.3 is 0 Å². The summed E-state index contributed by atoms with van der Waals surface area (Å²) in [5.74, 6) is 1.89. The quantitative estimate of drug-likeness (QED) is 0.741. The minimum atomic E-state index is 0.109. The van der Waals surface area contributed by atoms with Gasteiger partial charge in [0.2, 0.25) is 0 Å². The Morgan fingerprint density at radius 2 is 1.61 bits per heavy atom. The molecule has 0 radical (unpaired) electrons. The Morgan fingerprint density at radius 1 is 0.870 bits per heavy atom. The van der Waals surface area contributed by atoms with Gasteiger partial charge in [0.15, 0.2) is 0 Å². The lowest BCUT2D eigenvalue weighted by atomic mass is 9.65. The molecule has 2 aromatic carbocycles. The Labute approximate surface area is 139 Å². The minimum Gasteiger partial charge on any atom is -0.497 e. The monoisotopic (exact) mass is 310 g/mol. The molecule has 0 heterocycles. The zero-order valence-corrected chi connectivity index (χ0v) is 14.2. The number of benzene rings is 2. The van der Waals surface area contributed by atoms with Gasteiger partial charge in [0.05, 0.1) is 13.7 Å². The Morgan fingerprint density at radius 3 is 2.26 bits per heavy atom. The van der Waals surface area contributed by atoms with Gasteiger partial charge in [-0.3, -0.25) is 0 Å². The van der Waals surface area contributed by atoms with Crippen LogP contribution in [0, 0.1) is 0 Å². The van der Waals surface area contributed by atoms with Crippen molar-refractivity contribution in [3.05, 3.63) is 59.7 Å². The predicted molar refractivity (Wildman–Crippen MR) is 94.5 cm³/mol. The van der Waals surface area contributed by atoms with Crippen molar-refractivity contribution in [3.63, 3.8) is 0 Å². The van der Waals surface area contributed by atoms with E-state index in [0.717, 1.165) is 11.5 Å². The molecule has 0 amide bonds. The molecule has 3 rings (SSSR count). The summed E-state index contributed by atoms with van der Waals surface area (Å²) >= 11 is 0. The average molecular weight is 310 g/mol. The van der Waals surface area contributed by atoms with Gasteiger partial charge in [-0.05, 0) is 55.2 Å². The summed E-state index contributed by atoms with van der Waals surface area (Å²) in [6, 6.07) is 17.3. The zero-order valence-electron chi connectivity index (χ0n) is 14.2. The maximum atomic E-state index is 5.60. The third-order valence-electron chi connectivity index (χ3n) is 5.05. The summed E-state index contributed by atoms with van der Waals surface area (Å²) in [4.78, 5) is 0. The fourth-order valence-electron chi connectivity index (χ4n) is 3.86. The first-order chi connectivity index (χ1) is 11.3. The molecule has 0 saturated heterocycles. The van der Waals surface area contributed by atoms with Crippen molar-refractivity contribution in [2.45, 2.75) is 44.4 Å². The normalized spacial score (nSPS) is 16.8. The second kappa shape index (κ2) is 7.08. The molecule has 0 aromatic heterocycles. The van der Waals surface area contributed by atoms with Gasteiger partial charge in [-0.2, -0.15) is 0 Å². The largest absolute Gasteiger partial charge is 0.497 e. The van der Waals surface area contributed by atoms with Crippen LogP contribution in [0.2, 0.25) is 0 Å². The first kappa shape index (κ1) is 15.9. The lowest BCUT2D eigenvalue weighted by molar-refractivity contribution is 0.335. The standard InChI is InChI=1S/C21H26O2/c1-3-23-19-12-10-17(11-13-19)21(14-5-4-6-15-21)18-8-7-9-20(16-18)22-2/h7-13,16H,3-6,14-15H2,1-2H3. The van der Waals surface area contributed by atoms with Crippen molar-refractivity contribution in [1.29, 1.82) is 0 Å². The van der Waals surface area contributed by atoms with E-state index in [0.29, 0.717) is 6.61 Å². The molecule has 1 saturated carbocycles. The molecular weight excluding hydrogens is 284 g/mol. The molecule has 1 fully saturated rings. The molecule has 0 unspecified atom stereocenters. The highest BCUT2D eigenvalue weighted by atomic mass is 16.5. The van der Waals surface area contributed by atoms with Gasteiger partial charge < -0.3 is 9.47 Å². The van der Waals surface area contributed by atoms with E-state index in [1.165, 1.54) is 43.2 Å². The van der Waals surface area contributed by atoms with E-state index in [2.05, 4.69) is 42.5 Å². The number of hydrogen-bond acceptors (Lipinski definition) is 2. The maximum Gasteiger partial charge on any atom is 0.119 e. The Kier molecular flexibility index (Phi) is 4.90. The van der Waals surface area contributed by atoms with Crippen LogP contribution in [0.5, 0.6) is 11.5 Å². The summed E-state index contributed by atoms with van der Waals surface area (Å²) in [5, 5.41) is 0. The molecule has 2 heteroatoms. The highest BCUT2D eigenvalue weighted by Crippen LogP contribution is 2.45. The van der Waals surface area contributed by atoms with E-state index in [1.54, 1.807) is 7.11 Å². The summed E-state index contributed by atoms with van der Waals surface area (Å²) in [6.45, 7) is 2.73. The van der Waals surface area contributed by atoms with Crippen LogP contribution < -0.4 is 9.47 Å². The van der Waals surface area contributed by atoms with Crippen molar-refractivity contribution in [3.8, 4) is 11.5 Å². The second-order valence-corrected chi connectivity index (χ2v) is 6.33. The van der Waals surface area contributed by atoms with Gasteiger partial charge in [-0.15, -0.1) is 0 Å². The fraction of sp³-hybridized carbons (Fsp3) is 0.429. The van der Waals surface area contributed by atoms with Crippen molar-refractivity contribution >= 4 is 0 Å². The number of methoxy groups -OCH3 is 1. The van der Waals surface area contributed by atoms with Gasteiger partial charge in [0.25, 0.3) is 0 Å². The van der Waals surface area contributed by atoms with Gasteiger partial charge in [0, 0.05) is 5.41 Å². The lowest BCUT2D eigenvalue weighted by Gasteiger charge is -2.39. The second-order valence-electron chi connectivity index (χ2n) is 6.33. The first-order valence-electron chi connectivity index (χ1n) is 8.66. The Bertz CT molecular complexity index is 625. The maximum absolute atomic E-state index is 5.60. The SMILES string of the molecule is CCOc1ccc(C2(c3cccc(OC)c3)CCCCC2)cc1. The van der Waals surface area contributed by atoms with E-state index in [-0.39, 0.29) is 5.41 Å². The van der Waals surface area contributed by atoms with Crippen LogP contribution in [0.3, 0.4) is 0 Å². The summed E-state index contributed by atoms with van der Waals surface area (Å²) in [5.41, 5.74) is 2.88.